The molecular formula is C12H15NO5S. The number of hydrogen-bond donors (Lipinski definition) is 3. The molecule has 0 spiro atoms. The van der Waals surface area contributed by atoms with Gasteiger partial charge in [-0.1, -0.05) is 12.1 Å². The third-order valence-electron chi connectivity index (χ3n) is 3.28. The molecule has 0 atom stereocenters. The monoisotopic (exact) mass is 285 g/mol. The van der Waals surface area contributed by atoms with Gasteiger partial charge in [0.25, 0.3) is 0 Å². The number of aliphatic hydroxyl groups is 1. The van der Waals surface area contributed by atoms with Crippen molar-refractivity contribution in [2.75, 3.05) is 13.2 Å². The Labute approximate surface area is 111 Å². The van der Waals surface area contributed by atoms with E-state index < -0.39 is 21.4 Å². The number of rotatable bonds is 6. The lowest BCUT2D eigenvalue weighted by Crippen LogP contribution is -2.26. The number of hydrogen-bond acceptors (Lipinski definition) is 4. The molecule has 6 nitrogen and oxygen atoms in total. The van der Waals surface area contributed by atoms with Crippen LogP contribution in [0.25, 0.3) is 0 Å². The fourth-order valence-corrected chi connectivity index (χ4v) is 2.99. The maximum Gasteiger partial charge on any atom is 0.314 e. The molecule has 19 heavy (non-hydrogen) atoms. The SMILES string of the molecule is O=C(O)C1(c2ccc(S(=O)(=O)NCCO)cc2)CC1. The quantitative estimate of drug-likeness (QED) is 0.686. The highest BCUT2D eigenvalue weighted by atomic mass is 32.2. The summed E-state index contributed by atoms with van der Waals surface area (Å²) < 4.78 is 25.8. The number of carboxylic acid groups (broad SMARTS) is 1. The van der Waals surface area contributed by atoms with Crippen LogP contribution in [0.3, 0.4) is 0 Å². The van der Waals surface area contributed by atoms with Gasteiger partial charge in [-0.05, 0) is 30.5 Å². The van der Waals surface area contributed by atoms with Gasteiger partial charge >= 0.3 is 5.97 Å². The van der Waals surface area contributed by atoms with Crippen LogP contribution in [0.15, 0.2) is 29.2 Å². The normalized spacial score (nSPS) is 17.1. The number of nitrogens with one attached hydrogen (secondary N) is 1. The van der Waals surface area contributed by atoms with Crippen LogP contribution in [0.2, 0.25) is 0 Å². The van der Waals surface area contributed by atoms with Crippen molar-refractivity contribution >= 4 is 16.0 Å². The van der Waals surface area contributed by atoms with Gasteiger partial charge in [0.05, 0.1) is 16.9 Å². The Hall–Kier alpha value is -1.44. The van der Waals surface area contributed by atoms with E-state index in [0.717, 1.165) is 0 Å². The van der Waals surface area contributed by atoms with Crippen LogP contribution in [0.1, 0.15) is 18.4 Å². The molecule has 0 heterocycles. The minimum atomic E-state index is -3.64. The second kappa shape index (κ2) is 4.92. The Balaban J connectivity index is 2.22. The van der Waals surface area contributed by atoms with Gasteiger partial charge in [-0.2, -0.15) is 0 Å². The predicted molar refractivity (Wildman–Crippen MR) is 67.3 cm³/mol. The van der Waals surface area contributed by atoms with E-state index in [2.05, 4.69) is 4.72 Å². The molecule has 1 aromatic rings. The summed E-state index contributed by atoms with van der Waals surface area (Å²) in [7, 11) is -3.64. The molecule has 1 aromatic carbocycles. The molecule has 0 aromatic heterocycles. The van der Waals surface area contributed by atoms with Crippen molar-refractivity contribution < 1.29 is 23.4 Å². The maximum atomic E-state index is 11.8. The summed E-state index contributed by atoms with van der Waals surface area (Å²) in [5, 5.41) is 17.7. The fourth-order valence-electron chi connectivity index (χ4n) is 1.97. The third kappa shape index (κ3) is 2.63. The molecule has 0 unspecified atom stereocenters. The molecule has 104 valence electrons. The molecule has 1 fully saturated rings. The van der Waals surface area contributed by atoms with Crippen molar-refractivity contribution in [1.82, 2.24) is 4.72 Å². The van der Waals surface area contributed by atoms with Gasteiger partial charge < -0.3 is 10.2 Å². The van der Waals surface area contributed by atoms with Gasteiger partial charge in [-0.25, -0.2) is 13.1 Å². The Morgan fingerprint density at radius 3 is 2.26 bits per heavy atom. The molecule has 1 saturated carbocycles. The summed E-state index contributed by atoms with van der Waals surface area (Å²) in [6.45, 7) is -0.331. The summed E-state index contributed by atoms with van der Waals surface area (Å²) in [5.74, 6) is -0.874. The molecule has 3 N–H and O–H groups in total. The highest BCUT2D eigenvalue weighted by Crippen LogP contribution is 2.48. The van der Waals surface area contributed by atoms with E-state index in [1.54, 1.807) is 0 Å². The maximum absolute atomic E-state index is 11.8. The van der Waals surface area contributed by atoms with E-state index in [0.29, 0.717) is 18.4 Å². The van der Waals surface area contributed by atoms with Gasteiger partial charge in [-0.15, -0.1) is 0 Å². The minimum Gasteiger partial charge on any atom is -0.481 e. The first-order valence-corrected chi connectivity index (χ1v) is 7.35. The van der Waals surface area contributed by atoms with Crippen molar-refractivity contribution in [3.05, 3.63) is 29.8 Å². The standard InChI is InChI=1S/C12H15NO5S/c14-8-7-13-19(17,18)10-3-1-9(2-4-10)12(5-6-12)11(15)16/h1-4,13-14H,5-8H2,(H,15,16). The largest absolute Gasteiger partial charge is 0.481 e. The zero-order valence-electron chi connectivity index (χ0n) is 10.2. The molecular weight excluding hydrogens is 270 g/mol. The highest BCUT2D eigenvalue weighted by molar-refractivity contribution is 7.89. The summed E-state index contributed by atoms with van der Waals surface area (Å²) in [5.41, 5.74) is -0.206. The first-order chi connectivity index (χ1) is 8.92. The topological polar surface area (TPSA) is 104 Å². The van der Waals surface area contributed by atoms with E-state index in [-0.39, 0.29) is 18.0 Å². The lowest BCUT2D eigenvalue weighted by molar-refractivity contribution is -0.140. The lowest BCUT2D eigenvalue weighted by Gasteiger charge is -2.11. The Morgan fingerprint density at radius 2 is 1.84 bits per heavy atom. The van der Waals surface area contributed by atoms with Crippen LogP contribution in [0.4, 0.5) is 0 Å². The van der Waals surface area contributed by atoms with Crippen molar-refractivity contribution in [2.24, 2.45) is 0 Å². The first-order valence-electron chi connectivity index (χ1n) is 5.87. The second-order valence-electron chi connectivity index (χ2n) is 4.53. The third-order valence-corrected chi connectivity index (χ3v) is 4.76. The van der Waals surface area contributed by atoms with Crippen LogP contribution in [0, 0.1) is 0 Å². The fraction of sp³-hybridized carbons (Fsp3) is 0.417. The number of carboxylic acids is 1. The summed E-state index contributed by atoms with van der Waals surface area (Å²) in [6, 6.07) is 5.85. The smallest absolute Gasteiger partial charge is 0.314 e. The zero-order chi connectivity index (χ0) is 14.1. The number of aliphatic hydroxyl groups excluding tert-OH is 1. The molecule has 1 aliphatic rings. The summed E-state index contributed by atoms with van der Waals surface area (Å²) in [6.07, 6.45) is 1.16. The summed E-state index contributed by atoms with van der Waals surface area (Å²) in [4.78, 5) is 11.2. The number of sulfonamides is 1. The Morgan fingerprint density at radius 1 is 1.26 bits per heavy atom. The Kier molecular flexibility index (Phi) is 3.62. The first kappa shape index (κ1) is 14.0. The van der Waals surface area contributed by atoms with Crippen molar-refractivity contribution in [1.29, 1.82) is 0 Å². The molecule has 0 aliphatic heterocycles. The predicted octanol–water partition coefficient (Wildman–Crippen LogP) is 0.0734. The van der Waals surface area contributed by atoms with Gasteiger partial charge in [0.1, 0.15) is 0 Å². The van der Waals surface area contributed by atoms with E-state index in [1.807, 2.05) is 0 Å². The minimum absolute atomic E-state index is 0.0524. The number of benzene rings is 1. The van der Waals surface area contributed by atoms with Gasteiger partial charge in [0.15, 0.2) is 0 Å². The van der Waals surface area contributed by atoms with E-state index >= 15 is 0 Å². The van der Waals surface area contributed by atoms with Crippen LogP contribution >= 0.6 is 0 Å². The lowest BCUT2D eigenvalue weighted by atomic mass is 9.96. The molecule has 0 saturated heterocycles. The van der Waals surface area contributed by atoms with Crippen LogP contribution in [-0.2, 0) is 20.2 Å². The van der Waals surface area contributed by atoms with Gasteiger partial charge in [-0.3, -0.25) is 4.79 Å². The average molecular weight is 285 g/mol. The van der Waals surface area contributed by atoms with Gasteiger partial charge in [0, 0.05) is 6.54 Å². The van der Waals surface area contributed by atoms with Crippen molar-refractivity contribution in [2.45, 2.75) is 23.2 Å². The van der Waals surface area contributed by atoms with Crippen molar-refractivity contribution in [3.63, 3.8) is 0 Å². The van der Waals surface area contributed by atoms with Crippen LogP contribution in [0.5, 0.6) is 0 Å². The van der Waals surface area contributed by atoms with E-state index in [4.69, 9.17) is 10.2 Å². The molecule has 1 aliphatic carbocycles. The average Bonchev–Trinajstić information content (AvgIpc) is 3.18. The van der Waals surface area contributed by atoms with Crippen LogP contribution in [-0.4, -0.2) is 37.8 Å². The van der Waals surface area contributed by atoms with Crippen LogP contribution < -0.4 is 4.72 Å². The number of carbonyl (C=O) groups is 1. The van der Waals surface area contributed by atoms with Crippen molar-refractivity contribution in [3.8, 4) is 0 Å². The second-order valence-corrected chi connectivity index (χ2v) is 6.30. The van der Waals surface area contributed by atoms with Gasteiger partial charge in [0.2, 0.25) is 10.0 Å². The molecule has 0 bridgehead atoms. The zero-order valence-corrected chi connectivity index (χ0v) is 11.0. The molecule has 0 radical (unpaired) electrons. The molecule has 2 rings (SSSR count). The number of aliphatic carboxylic acids is 1. The molecule has 0 amide bonds. The Bertz CT molecular complexity index is 575. The van der Waals surface area contributed by atoms with E-state index in [1.165, 1.54) is 24.3 Å². The highest BCUT2D eigenvalue weighted by Gasteiger charge is 2.51. The summed E-state index contributed by atoms with van der Waals surface area (Å²) >= 11 is 0. The van der Waals surface area contributed by atoms with E-state index in [9.17, 15) is 13.2 Å². The molecule has 7 heteroatoms.